The van der Waals surface area contributed by atoms with Crippen molar-refractivity contribution in [3.63, 3.8) is 0 Å². The number of aromatic nitrogens is 6. The lowest BCUT2D eigenvalue weighted by molar-refractivity contribution is 0.669. The van der Waals surface area contributed by atoms with E-state index in [-0.39, 0.29) is 11.8 Å². The highest BCUT2D eigenvalue weighted by atomic mass is 16.3. The highest BCUT2D eigenvalue weighted by Crippen LogP contribution is 2.57. The van der Waals surface area contributed by atoms with Crippen molar-refractivity contribution in [1.82, 2.24) is 29.9 Å². The molecule has 0 aliphatic heterocycles. The maximum atomic E-state index is 6.40. The van der Waals surface area contributed by atoms with E-state index in [9.17, 15) is 0 Å². The molecule has 6 aromatic heterocycles. The van der Waals surface area contributed by atoms with E-state index in [1.807, 2.05) is 60.9 Å². The van der Waals surface area contributed by atoms with Gasteiger partial charge in [-0.25, -0.2) is 19.9 Å². The molecule has 0 saturated heterocycles. The molecule has 0 fully saturated rings. The van der Waals surface area contributed by atoms with Crippen LogP contribution in [0.5, 0.6) is 0 Å². The summed E-state index contributed by atoms with van der Waals surface area (Å²) in [5, 5.41) is 4.12. The van der Waals surface area contributed by atoms with Crippen molar-refractivity contribution >= 4 is 43.9 Å². The van der Waals surface area contributed by atoms with Gasteiger partial charge in [0.05, 0.1) is 22.8 Å². The summed E-state index contributed by atoms with van der Waals surface area (Å²) in [6.45, 7) is 0. The predicted molar refractivity (Wildman–Crippen MR) is 326 cm³/mol. The highest BCUT2D eigenvalue weighted by molar-refractivity contribution is 6.10. The molecule has 2 bridgehead atoms. The van der Waals surface area contributed by atoms with Crippen LogP contribution in [0.4, 0.5) is 0 Å². The molecule has 2 atom stereocenters. The van der Waals surface area contributed by atoms with Crippen molar-refractivity contribution in [3.05, 3.63) is 289 Å². The molecule has 382 valence electrons. The Morgan fingerprint density at radius 3 is 1.09 bits per heavy atom. The third-order valence-corrected chi connectivity index (χ3v) is 16.7. The van der Waals surface area contributed by atoms with E-state index in [2.05, 4.69) is 192 Å². The van der Waals surface area contributed by atoms with Gasteiger partial charge in [-0.1, -0.05) is 194 Å². The summed E-state index contributed by atoms with van der Waals surface area (Å²) < 4.78 is 12.8. The Morgan fingerprint density at radius 2 is 0.646 bits per heavy atom. The Kier molecular flexibility index (Phi) is 10.3. The zero-order chi connectivity index (χ0) is 53.8. The molecule has 3 aliphatic rings. The molecule has 18 rings (SSSR count). The van der Waals surface area contributed by atoms with E-state index >= 15 is 0 Å². The number of hydrogen-bond donors (Lipinski definition) is 0. The van der Waals surface area contributed by atoms with E-state index in [0.29, 0.717) is 11.6 Å². The summed E-state index contributed by atoms with van der Waals surface area (Å²) in [6.07, 6.45) is 7.28. The minimum Gasteiger partial charge on any atom is -0.455 e. The Bertz CT molecular complexity index is 4730. The van der Waals surface area contributed by atoms with Crippen LogP contribution in [-0.4, -0.2) is 29.9 Å². The normalized spacial score (nSPS) is 14.1. The molecular weight excluding hydrogens is 1000 g/mol. The predicted octanol–water partition coefficient (Wildman–Crippen LogP) is 18.2. The van der Waals surface area contributed by atoms with Crippen molar-refractivity contribution in [2.75, 3.05) is 0 Å². The SMILES string of the molecule is c1ccc(-c2nc(-c3ccc(-c4cccc5c4oc4ccncc45)cc3)cc(-c3ccc4c(c3)C3c5ccccc5C4c4cc(-c5cc(-c6ccc(-c7cccc8c7oc7ccncc78)cc6)nc(-c6ccccc6)n5)ccc43)n2)cc1. The van der Waals surface area contributed by atoms with Gasteiger partial charge in [0.15, 0.2) is 11.6 Å². The van der Waals surface area contributed by atoms with Gasteiger partial charge in [0.1, 0.15) is 22.3 Å². The smallest absolute Gasteiger partial charge is 0.160 e. The molecule has 0 radical (unpaired) electrons. The quantitative estimate of drug-likeness (QED) is 0.148. The van der Waals surface area contributed by atoms with Crippen LogP contribution in [0.25, 0.3) is 134 Å². The Morgan fingerprint density at radius 1 is 0.268 bits per heavy atom. The zero-order valence-electron chi connectivity index (χ0n) is 43.9. The van der Waals surface area contributed by atoms with E-state index in [4.69, 9.17) is 28.8 Å². The van der Waals surface area contributed by atoms with Gasteiger partial charge in [0.2, 0.25) is 0 Å². The number of furan rings is 2. The van der Waals surface area contributed by atoms with Crippen LogP contribution in [0.2, 0.25) is 0 Å². The van der Waals surface area contributed by atoms with E-state index in [1.54, 1.807) is 12.4 Å². The third-order valence-electron chi connectivity index (χ3n) is 16.7. The first kappa shape index (κ1) is 46.0. The van der Waals surface area contributed by atoms with Crippen molar-refractivity contribution in [2.24, 2.45) is 0 Å². The molecule has 6 heterocycles. The van der Waals surface area contributed by atoms with Gasteiger partial charge in [-0.3, -0.25) is 9.97 Å². The fraction of sp³-hybridized carbons (Fsp3) is 0.0270. The fourth-order valence-electron chi connectivity index (χ4n) is 12.8. The second-order valence-corrected chi connectivity index (χ2v) is 21.3. The molecule has 0 spiro atoms. The molecule has 8 heteroatoms. The van der Waals surface area contributed by atoms with Crippen LogP contribution in [0.1, 0.15) is 45.2 Å². The molecule has 3 aliphatic carbocycles. The number of fused-ring (bicyclic) bond motifs is 6. The number of rotatable bonds is 8. The van der Waals surface area contributed by atoms with Gasteiger partial charge in [-0.05, 0) is 80.9 Å². The third kappa shape index (κ3) is 7.38. The van der Waals surface area contributed by atoms with Crippen LogP contribution < -0.4 is 0 Å². The molecule has 15 aromatic rings. The van der Waals surface area contributed by atoms with Gasteiger partial charge in [0, 0.05) is 103 Å². The van der Waals surface area contributed by atoms with E-state index in [0.717, 1.165) is 122 Å². The van der Waals surface area contributed by atoms with Crippen LogP contribution in [0, 0.1) is 0 Å². The second kappa shape index (κ2) is 18.3. The second-order valence-electron chi connectivity index (χ2n) is 21.3. The van der Waals surface area contributed by atoms with Gasteiger partial charge in [-0.15, -0.1) is 0 Å². The van der Waals surface area contributed by atoms with Crippen molar-refractivity contribution in [3.8, 4) is 90.1 Å². The van der Waals surface area contributed by atoms with Crippen LogP contribution in [-0.2, 0) is 0 Å². The summed E-state index contributed by atoms with van der Waals surface area (Å²) in [7, 11) is 0. The Balaban J connectivity index is 0.740. The van der Waals surface area contributed by atoms with E-state index in [1.165, 1.54) is 33.4 Å². The molecule has 82 heavy (non-hydrogen) atoms. The minimum atomic E-state index is 0.0246. The standard InChI is InChI=1S/C74H44N6O2/c1-3-11-47(12-4-1)73-77-63(45-25-21-43(22-26-45)51-17-9-19-57-61-41-75-35-33-67(61)81-71(51)57)39-65(79-73)49-29-31-55-59(37-49)69-53-15-7-8-16-54(53)70(55)60-38-50(30-32-56(60)69)66-40-64(78-74(80-66)48-13-5-2-6-14-48)46-27-23-44(24-28-46)52-18-10-20-58-62-42-76-36-34-68(62)82-72(52)58/h1-42,69-70H. The molecule has 0 amide bonds. The average molecular weight is 1050 g/mol. The first-order valence-corrected chi connectivity index (χ1v) is 27.6. The van der Waals surface area contributed by atoms with E-state index < -0.39 is 0 Å². The minimum absolute atomic E-state index is 0.0246. The topological polar surface area (TPSA) is 104 Å². The summed E-state index contributed by atoms with van der Waals surface area (Å²) in [4.78, 5) is 29.8. The summed E-state index contributed by atoms with van der Waals surface area (Å²) in [6, 6.07) is 81.4. The first-order chi connectivity index (χ1) is 40.6. The lowest BCUT2D eigenvalue weighted by Crippen LogP contribution is -2.27. The molecule has 2 unspecified atom stereocenters. The maximum Gasteiger partial charge on any atom is 0.160 e. The first-order valence-electron chi connectivity index (χ1n) is 27.6. The number of pyridine rings is 2. The summed E-state index contributed by atoms with van der Waals surface area (Å²) >= 11 is 0. The van der Waals surface area contributed by atoms with Crippen molar-refractivity contribution in [1.29, 1.82) is 0 Å². The summed E-state index contributed by atoms with van der Waals surface area (Å²) in [5.41, 5.74) is 24.9. The Labute approximate surface area is 470 Å². The van der Waals surface area contributed by atoms with Gasteiger partial charge in [0.25, 0.3) is 0 Å². The zero-order valence-corrected chi connectivity index (χ0v) is 43.9. The van der Waals surface area contributed by atoms with Gasteiger partial charge >= 0.3 is 0 Å². The molecule has 9 aromatic carbocycles. The highest BCUT2D eigenvalue weighted by Gasteiger charge is 2.41. The largest absolute Gasteiger partial charge is 0.455 e. The molecule has 8 nitrogen and oxygen atoms in total. The maximum absolute atomic E-state index is 6.40. The van der Waals surface area contributed by atoms with Crippen LogP contribution in [0.15, 0.2) is 264 Å². The lowest BCUT2D eigenvalue weighted by Gasteiger charge is -2.42. The molecule has 0 saturated carbocycles. The summed E-state index contributed by atoms with van der Waals surface area (Å²) in [5.74, 6) is 1.40. The average Bonchev–Trinajstić information content (AvgIpc) is 1.41. The number of para-hydroxylation sites is 2. The number of hydrogen-bond acceptors (Lipinski definition) is 8. The molecular formula is C74H44N6O2. The lowest BCUT2D eigenvalue weighted by atomic mass is 9.60. The fourth-order valence-corrected chi connectivity index (χ4v) is 12.8. The van der Waals surface area contributed by atoms with Crippen LogP contribution >= 0.6 is 0 Å². The number of benzene rings is 9. The van der Waals surface area contributed by atoms with Gasteiger partial charge in [-0.2, -0.15) is 0 Å². The van der Waals surface area contributed by atoms with Crippen molar-refractivity contribution < 1.29 is 8.83 Å². The van der Waals surface area contributed by atoms with Crippen molar-refractivity contribution in [2.45, 2.75) is 11.8 Å². The Hall–Kier alpha value is -11.0. The van der Waals surface area contributed by atoms with Crippen LogP contribution in [0.3, 0.4) is 0 Å². The molecule has 0 N–H and O–H groups in total. The monoisotopic (exact) mass is 1050 g/mol. The number of nitrogens with zero attached hydrogens (tertiary/aromatic N) is 6. The van der Waals surface area contributed by atoms with Gasteiger partial charge < -0.3 is 8.83 Å².